The lowest BCUT2D eigenvalue weighted by Crippen LogP contribution is -2.45. The van der Waals surface area contributed by atoms with Crippen molar-refractivity contribution < 1.29 is 4.74 Å². The first-order valence-corrected chi connectivity index (χ1v) is 7.17. The van der Waals surface area contributed by atoms with Crippen LogP contribution in [-0.2, 0) is 6.54 Å². The molecule has 0 saturated carbocycles. The van der Waals surface area contributed by atoms with Gasteiger partial charge in [0.15, 0.2) is 5.96 Å². The molecule has 0 amide bonds. The third-order valence-electron chi connectivity index (χ3n) is 3.63. The fraction of sp³-hybridized carbons (Fsp3) is 0.600. The molecular formula is C15H25IN4O. The van der Waals surface area contributed by atoms with Gasteiger partial charge in [-0.05, 0) is 30.4 Å². The summed E-state index contributed by atoms with van der Waals surface area (Å²) in [6.07, 6.45) is 4.32. The van der Waals surface area contributed by atoms with Crippen molar-refractivity contribution in [3.05, 3.63) is 23.9 Å². The molecule has 118 valence electrons. The zero-order valence-electron chi connectivity index (χ0n) is 13.0. The molecule has 0 aliphatic carbocycles. The van der Waals surface area contributed by atoms with E-state index in [4.69, 9.17) is 4.74 Å². The predicted octanol–water partition coefficient (Wildman–Crippen LogP) is 2.52. The van der Waals surface area contributed by atoms with E-state index in [0.717, 1.165) is 37.1 Å². The molecule has 0 aromatic carbocycles. The highest BCUT2D eigenvalue weighted by atomic mass is 127. The Morgan fingerprint density at radius 1 is 1.57 bits per heavy atom. The number of hydrogen-bond donors (Lipinski definition) is 1. The van der Waals surface area contributed by atoms with Crippen LogP contribution in [0.15, 0.2) is 23.3 Å². The largest absolute Gasteiger partial charge is 0.481 e. The zero-order chi connectivity index (χ0) is 14.4. The van der Waals surface area contributed by atoms with E-state index in [9.17, 15) is 0 Å². The summed E-state index contributed by atoms with van der Waals surface area (Å²) in [5.74, 6) is 2.36. The Morgan fingerprint density at radius 3 is 3.05 bits per heavy atom. The molecule has 1 atom stereocenters. The Balaban J connectivity index is 0.00000220. The summed E-state index contributed by atoms with van der Waals surface area (Å²) in [6.45, 7) is 5.20. The molecule has 1 fully saturated rings. The van der Waals surface area contributed by atoms with Gasteiger partial charge in [-0.2, -0.15) is 0 Å². The Hall–Kier alpha value is -1.05. The summed E-state index contributed by atoms with van der Waals surface area (Å²) in [5, 5.41) is 3.42. The van der Waals surface area contributed by atoms with E-state index in [0.29, 0.717) is 5.88 Å². The Labute approximate surface area is 144 Å². The average Bonchev–Trinajstić information content (AvgIpc) is 2.48. The maximum absolute atomic E-state index is 5.14. The predicted molar refractivity (Wildman–Crippen MR) is 96.4 cm³/mol. The van der Waals surface area contributed by atoms with Crippen molar-refractivity contribution in [1.29, 1.82) is 0 Å². The van der Waals surface area contributed by atoms with Gasteiger partial charge in [-0.15, -0.1) is 24.0 Å². The third kappa shape index (κ3) is 5.33. The number of hydrogen-bond acceptors (Lipinski definition) is 3. The first kappa shape index (κ1) is 18.0. The van der Waals surface area contributed by atoms with Gasteiger partial charge < -0.3 is 15.0 Å². The molecule has 2 heterocycles. The van der Waals surface area contributed by atoms with Crippen molar-refractivity contribution in [3.63, 3.8) is 0 Å². The summed E-state index contributed by atoms with van der Waals surface area (Å²) in [5.41, 5.74) is 1.14. The van der Waals surface area contributed by atoms with Crippen molar-refractivity contribution in [2.75, 3.05) is 27.2 Å². The minimum Gasteiger partial charge on any atom is -0.481 e. The van der Waals surface area contributed by atoms with Crippen LogP contribution < -0.4 is 10.1 Å². The van der Waals surface area contributed by atoms with Gasteiger partial charge in [-0.1, -0.05) is 6.92 Å². The molecule has 6 heteroatoms. The molecule has 1 saturated heterocycles. The summed E-state index contributed by atoms with van der Waals surface area (Å²) >= 11 is 0. The van der Waals surface area contributed by atoms with Gasteiger partial charge in [-0.3, -0.25) is 4.99 Å². The molecule has 21 heavy (non-hydrogen) atoms. The van der Waals surface area contributed by atoms with Gasteiger partial charge in [0.1, 0.15) is 0 Å². The summed E-state index contributed by atoms with van der Waals surface area (Å²) in [7, 11) is 3.47. The number of aromatic nitrogens is 1. The van der Waals surface area contributed by atoms with Crippen LogP contribution in [0.3, 0.4) is 0 Å². The zero-order valence-corrected chi connectivity index (χ0v) is 15.3. The van der Waals surface area contributed by atoms with E-state index < -0.39 is 0 Å². The van der Waals surface area contributed by atoms with Crippen molar-refractivity contribution in [2.45, 2.75) is 26.3 Å². The Morgan fingerprint density at radius 2 is 2.38 bits per heavy atom. The molecule has 5 nitrogen and oxygen atoms in total. The number of piperidine rings is 1. The SMILES string of the molecule is CN=C(NCc1ccnc(OC)c1)N1CCCC(C)C1.I. The van der Waals surface area contributed by atoms with Crippen LogP contribution in [0, 0.1) is 5.92 Å². The lowest BCUT2D eigenvalue weighted by Gasteiger charge is -2.33. The van der Waals surface area contributed by atoms with Crippen LogP contribution in [0.1, 0.15) is 25.3 Å². The molecule has 1 aliphatic heterocycles. The van der Waals surface area contributed by atoms with Crippen LogP contribution in [0.5, 0.6) is 5.88 Å². The minimum atomic E-state index is 0. The fourth-order valence-electron chi connectivity index (χ4n) is 2.57. The van der Waals surface area contributed by atoms with E-state index in [1.807, 2.05) is 19.2 Å². The lowest BCUT2D eigenvalue weighted by molar-refractivity contribution is 0.266. The topological polar surface area (TPSA) is 49.8 Å². The molecule has 1 aliphatic rings. The number of nitrogens with one attached hydrogen (secondary N) is 1. The standard InChI is InChI=1S/C15H24N4O.HI/c1-12-5-4-8-19(11-12)15(16-2)18-10-13-6-7-17-14(9-13)20-3;/h6-7,9,12H,4-5,8,10-11H2,1-3H3,(H,16,18);1H. The second kappa shape index (κ2) is 9.07. The van der Waals surface area contributed by atoms with E-state index in [2.05, 4.69) is 27.1 Å². The average molecular weight is 404 g/mol. The maximum Gasteiger partial charge on any atom is 0.213 e. The highest BCUT2D eigenvalue weighted by Crippen LogP contribution is 2.15. The van der Waals surface area contributed by atoms with Crippen molar-refractivity contribution >= 4 is 29.9 Å². The summed E-state index contributed by atoms with van der Waals surface area (Å²) in [4.78, 5) is 10.8. The first-order valence-electron chi connectivity index (χ1n) is 7.17. The second-order valence-electron chi connectivity index (χ2n) is 5.30. The monoisotopic (exact) mass is 404 g/mol. The highest BCUT2D eigenvalue weighted by Gasteiger charge is 2.18. The maximum atomic E-state index is 5.14. The van der Waals surface area contributed by atoms with E-state index in [-0.39, 0.29) is 24.0 Å². The molecular weight excluding hydrogens is 379 g/mol. The number of pyridine rings is 1. The first-order chi connectivity index (χ1) is 9.72. The minimum absolute atomic E-state index is 0. The normalized spacial score (nSPS) is 18.9. The van der Waals surface area contributed by atoms with Gasteiger partial charge in [-0.25, -0.2) is 4.98 Å². The van der Waals surface area contributed by atoms with Crippen LogP contribution in [0.2, 0.25) is 0 Å². The lowest BCUT2D eigenvalue weighted by atomic mass is 10.0. The third-order valence-corrected chi connectivity index (χ3v) is 3.63. The number of guanidine groups is 1. The summed E-state index contributed by atoms with van der Waals surface area (Å²) < 4.78 is 5.14. The molecule has 0 bridgehead atoms. The number of nitrogens with zero attached hydrogens (tertiary/aromatic N) is 3. The number of rotatable bonds is 3. The number of ether oxygens (including phenoxy) is 1. The molecule has 1 N–H and O–H groups in total. The number of halogens is 1. The van der Waals surface area contributed by atoms with E-state index in [1.54, 1.807) is 13.3 Å². The van der Waals surface area contributed by atoms with Crippen LogP contribution in [0.4, 0.5) is 0 Å². The van der Waals surface area contributed by atoms with Crippen LogP contribution in [-0.4, -0.2) is 43.1 Å². The number of aliphatic imine (C=N–C) groups is 1. The number of likely N-dealkylation sites (tertiary alicyclic amines) is 1. The molecule has 0 spiro atoms. The van der Waals surface area contributed by atoms with E-state index in [1.165, 1.54) is 12.8 Å². The van der Waals surface area contributed by atoms with Gasteiger partial charge in [0.2, 0.25) is 5.88 Å². The second-order valence-corrected chi connectivity index (χ2v) is 5.30. The highest BCUT2D eigenvalue weighted by molar-refractivity contribution is 14.0. The van der Waals surface area contributed by atoms with Crippen LogP contribution >= 0.6 is 24.0 Å². The van der Waals surface area contributed by atoms with Crippen molar-refractivity contribution in [2.24, 2.45) is 10.9 Å². The quantitative estimate of drug-likeness (QED) is 0.478. The van der Waals surface area contributed by atoms with Gasteiger partial charge >= 0.3 is 0 Å². The van der Waals surface area contributed by atoms with Crippen molar-refractivity contribution in [1.82, 2.24) is 15.2 Å². The van der Waals surface area contributed by atoms with E-state index >= 15 is 0 Å². The molecule has 2 rings (SSSR count). The fourth-order valence-corrected chi connectivity index (χ4v) is 2.57. The Bertz CT molecular complexity index is 467. The van der Waals surface area contributed by atoms with Gasteiger partial charge in [0, 0.05) is 38.9 Å². The molecule has 1 aromatic rings. The van der Waals surface area contributed by atoms with Gasteiger partial charge in [0.05, 0.1) is 7.11 Å². The molecule has 1 aromatic heterocycles. The molecule has 1 unspecified atom stereocenters. The number of methoxy groups -OCH3 is 1. The van der Waals surface area contributed by atoms with Crippen molar-refractivity contribution in [3.8, 4) is 5.88 Å². The Kier molecular flexibility index (Phi) is 7.77. The molecule has 0 radical (unpaired) electrons. The smallest absolute Gasteiger partial charge is 0.213 e. The van der Waals surface area contributed by atoms with Crippen LogP contribution in [0.25, 0.3) is 0 Å². The summed E-state index contributed by atoms with van der Waals surface area (Å²) in [6, 6.07) is 3.93. The van der Waals surface area contributed by atoms with Gasteiger partial charge in [0.25, 0.3) is 0 Å².